The fraction of sp³-hybridized carbons (Fsp3) is 0.211. The maximum Gasteiger partial charge on any atom is 0.336 e. The number of benzene rings is 2. The van der Waals surface area contributed by atoms with E-state index in [0.717, 1.165) is 0 Å². The minimum absolute atomic E-state index is 0.0903. The molecule has 0 heterocycles. The third-order valence-electron chi connectivity index (χ3n) is 3.66. The van der Waals surface area contributed by atoms with Crippen molar-refractivity contribution in [3.8, 4) is 23.0 Å². The Morgan fingerprint density at radius 1 is 0.880 bits per heavy atom. The highest BCUT2D eigenvalue weighted by Crippen LogP contribution is 2.35. The van der Waals surface area contributed by atoms with E-state index in [4.69, 9.17) is 18.9 Å². The molecule has 0 fully saturated rings. The molecule has 0 saturated carbocycles. The minimum atomic E-state index is -1.07. The fourth-order valence-corrected chi connectivity index (χ4v) is 2.45. The van der Waals surface area contributed by atoms with Gasteiger partial charge in [0, 0.05) is 5.56 Å². The summed E-state index contributed by atoms with van der Waals surface area (Å²) in [5, 5.41) is 9.66. The largest absolute Gasteiger partial charge is 0.493 e. The van der Waals surface area contributed by atoms with Gasteiger partial charge in [0.05, 0.1) is 34.0 Å². The van der Waals surface area contributed by atoms with Crippen molar-refractivity contribution < 1.29 is 28.8 Å². The number of carbonyl (C=O) groups is 1. The number of hydrogen-bond donors (Lipinski definition) is 1. The molecule has 0 spiro atoms. The van der Waals surface area contributed by atoms with Crippen LogP contribution in [0.4, 0.5) is 0 Å². The molecule has 0 saturated heterocycles. The zero-order chi connectivity index (χ0) is 18.4. The van der Waals surface area contributed by atoms with Crippen molar-refractivity contribution >= 4 is 17.6 Å². The number of aliphatic carboxylic acids is 1. The van der Waals surface area contributed by atoms with Crippen LogP contribution in [0.3, 0.4) is 0 Å². The molecular formula is C19H20O6. The zero-order valence-electron chi connectivity index (χ0n) is 14.5. The second kappa shape index (κ2) is 8.10. The standard InChI is InChI=1S/C19H20O6/c1-22-15-9-8-12(11-17(15)24-3)14(19(20)21)10-13-6-5-7-16(23-2)18(13)25-4/h5-11H,1-4H3,(H,20,21)/b14-10+. The second-order valence-corrected chi connectivity index (χ2v) is 5.02. The number of carboxylic acids is 1. The maximum atomic E-state index is 11.8. The van der Waals surface area contributed by atoms with E-state index in [2.05, 4.69) is 0 Å². The third-order valence-corrected chi connectivity index (χ3v) is 3.66. The summed E-state index contributed by atoms with van der Waals surface area (Å²) in [6.45, 7) is 0. The number of rotatable bonds is 7. The highest BCUT2D eigenvalue weighted by Gasteiger charge is 2.16. The van der Waals surface area contributed by atoms with Crippen LogP contribution >= 0.6 is 0 Å². The van der Waals surface area contributed by atoms with Crippen molar-refractivity contribution in [1.29, 1.82) is 0 Å². The summed E-state index contributed by atoms with van der Waals surface area (Å²) < 4.78 is 21.0. The summed E-state index contributed by atoms with van der Waals surface area (Å²) in [6, 6.07) is 10.2. The predicted molar refractivity (Wildman–Crippen MR) is 94.6 cm³/mol. The molecule has 0 aliphatic carbocycles. The Balaban J connectivity index is 2.60. The first-order chi connectivity index (χ1) is 12.0. The van der Waals surface area contributed by atoms with E-state index in [-0.39, 0.29) is 5.57 Å². The Morgan fingerprint density at radius 3 is 2.12 bits per heavy atom. The van der Waals surface area contributed by atoms with Crippen LogP contribution in [0.15, 0.2) is 36.4 Å². The van der Waals surface area contributed by atoms with Crippen molar-refractivity contribution in [3.05, 3.63) is 47.5 Å². The molecule has 0 bridgehead atoms. The van der Waals surface area contributed by atoms with E-state index in [1.807, 2.05) is 0 Å². The third kappa shape index (κ3) is 3.85. The van der Waals surface area contributed by atoms with Gasteiger partial charge in [-0.05, 0) is 29.8 Å². The fourth-order valence-electron chi connectivity index (χ4n) is 2.45. The van der Waals surface area contributed by atoms with Gasteiger partial charge < -0.3 is 24.1 Å². The van der Waals surface area contributed by atoms with Crippen LogP contribution in [0.5, 0.6) is 23.0 Å². The van der Waals surface area contributed by atoms with Gasteiger partial charge in [-0.25, -0.2) is 4.79 Å². The normalized spacial score (nSPS) is 11.0. The summed E-state index contributed by atoms with van der Waals surface area (Å²) in [7, 11) is 6.05. The average molecular weight is 344 g/mol. The minimum Gasteiger partial charge on any atom is -0.493 e. The molecule has 25 heavy (non-hydrogen) atoms. The van der Waals surface area contributed by atoms with Gasteiger partial charge in [-0.1, -0.05) is 18.2 Å². The quantitative estimate of drug-likeness (QED) is 0.613. The molecule has 0 aliphatic heterocycles. The molecule has 0 aliphatic rings. The van der Waals surface area contributed by atoms with Crippen LogP contribution in [-0.2, 0) is 4.79 Å². The molecule has 2 rings (SSSR count). The van der Waals surface area contributed by atoms with Gasteiger partial charge in [0.25, 0.3) is 0 Å². The lowest BCUT2D eigenvalue weighted by atomic mass is 10.0. The smallest absolute Gasteiger partial charge is 0.336 e. The Bertz CT molecular complexity index is 794. The summed E-state index contributed by atoms with van der Waals surface area (Å²) >= 11 is 0. The molecule has 0 amide bonds. The van der Waals surface area contributed by atoms with Crippen LogP contribution in [0.25, 0.3) is 11.6 Å². The maximum absolute atomic E-state index is 11.8. The number of hydrogen-bond acceptors (Lipinski definition) is 5. The molecule has 0 aromatic heterocycles. The molecule has 2 aromatic rings. The number of methoxy groups -OCH3 is 4. The number of carboxylic acid groups (broad SMARTS) is 1. The topological polar surface area (TPSA) is 74.2 Å². The highest BCUT2D eigenvalue weighted by atomic mass is 16.5. The molecule has 2 aromatic carbocycles. The van der Waals surface area contributed by atoms with Gasteiger partial charge in [-0.15, -0.1) is 0 Å². The molecular weight excluding hydrogens is 324 g/mol. The molecule has 132 valence electrons. The molecule has 6 heteroatoms. The first kappa shape index (κ1) is 18.2. The van der Waals surface area contributed by atoms with Crippen LogP contribution in [-0.4, -0.2) is 39.5 Å². The summed E-state index contributed by atoms with van der Waals surface area (Å²) in [5.74, 6) is 0.884. The van der Waals surface area contributed by atoms with Crippen molar-refractivity contribution in [2.24, 2.45) is 0 Å². The number of para-hydroxylation sites is 1. The van der Waals surface area contributed by atoms with Gasteiger partial charge in [-0.3, -0.25) is 0 Å². The highest BCUT2D eigenvalue weighted by molar-refractivity contribution is 6.21. The van der Waals surface area contributed by atoms with E-state index in [9.17, 15) is 9.90 Å². The lowest BCUT2D eigenvalue weighted by Gasteiger charge is -2.12. The van der Waals surface area contributed by atoms with Crippen LogP contribution in [0.1, 0.15) is 11.1 Å². The van der Waals surface area contributed by atoms with Gasteiger partial charge in [-0.2, -0.15) is 0 Å². The second-order valence-electron chi connectivity index (χ2n) is 5.02. The first-order valence-electron chi connectivity index (χ1n) is 7.44. The van der Waals surface area contributed by atoms with E-state index >= 15 is 0 Å². The Hall–Kier alpha value is -3.15. The Labute approximate surface area is 146 Å². The molecule has 0 atom stereocenters. The first-order valence-corrected chi connectivity index (χ1v) is 7.44. The Morgan fingerprint density at radius 2 is 1.56 bits per heavy atom. The van der Waals surface area contributed by atoms with Crippen molar-refractivity contribution in [2.45, 2.75) is 0 Å². The lowest BCUT2D eigenvalue weighted by Crippen LogP contribution is -2.01. The van der Waals surface area contributed by atoms with Gasteiger partial charge >= 0.3 is 5.97 Å². The van der Waals surface area contributed by atoms with Crippen molar-refractivity contribution in [3.63, 3.8) is 0 Å². The lowest BCUT2D eigenvalue weighted by molar-refractivity contribution is -0.130. The number of ether oxygens (including phenoxy) is 4. The Kier molecular flexibility index (Phi) is 5.89. The molecule has 6 nitrogen and oxygen atoms in total. The summed E-state index contributed by atoms with van der Waals surface area (Å²) in [5.41, 5.74) is 1.16. The van der Waals surface area contributed by atoms with Gasteiger partial charge in [0.2, 0.25) is 0 Å². The molecule has 1 N–H and O–H groups in total. The molecule has 0 unspecified atom stereocenters. The van der Waals surface area contributed by atoms with Crippen LogP contribution in [0.2, 0.25) is 0 Å². The van der Waals surface area contributed by atoms with Gasteiger partial charge in [0.1, 0.15) is 0 Å². The van der Waals surface area contributed by atoms with E-state index in [1.54, 1.807) is 36.4 Å². The summed E-state index contributed by atoms with van der Waals surface area (Å²) in [6.07, 6.45) is 1.53. The summed E-state index contributed by atoms with van der Waals surface area (Å²) in [4.78, 5) is 11.8. The average Bonchev–Trinajstić information content (AvgIpc) is 2.64. The van der Waals surface area contributed by atoms with E-state index in [1.165, 1.54) is 34.5 Å². The molecule has 0 radical (unpaired) electrons. The van der Waals surface area contributed by atoms with Crippen LogP contribution in [0, 0.1) is 0 Å². The van der Waals surface area contributed by atoms with E-state index in [0.29, 0.717) is 34.1 Å². The zero-order valence-corrected chi connectivity index (χ0v) is 14.5. The van der Waals surface area contributed by atoms with Gasteiger partial charge in [0.15, 0.2) is 23.0 Å². The SMILES string of the molecule is COc1ccc(/C(=C\c2cccc(OC)c2OC)C(=O)O)cc1OC. The monoisotopic (exact) mass is 344 g/mol. The van der Waals surface area contributed by atoms with E-state index < -0.39 is 5.97 Å². The predicted octanol–water partition coefficient (Wildman–Crippen LogP) is 3.35. The van der Waals surface area contributed by atoms with Crippen molar-refractivity contribution in [1.82, 2.24) is 0 Å². The van der Waals surface area contributed by atoms with Crippen molar-refractivity contribution in [2.75, 3.05) is 28.4 Å². The van der Waals surface area contributed by atoms with Crippen LogP contribution < -0.4 is 18.9 Å².